The van der Waals surface area contributed by atoms with E-state index in [1.807, 2.05) is 4.90 Å². The highest BCUT2D eigenvalue weighted by Gasteiger charge is 2.33. The van der Waals surface area contributed by atoms with Gasteiger partial charge in [-0.1, -0.05) is 0 Å². The minimum Gasteiger partial charge on any atom is -0.392 e. The third kappa shape index (κ3) is 2.48. The summed E-state index contributed by atoms with van der Waals surface area (Å²) in [5.41, 5.74) is 1.42. The smallest absolute Gasteiger partial charge is 0.123 e. The molecule has 1 aliphatic rings. The number of hydrogen-bond acceptors (Lipinski definition) is 4. The fourth-order valence-corrected chi connectivity index (χ4v) is 2.38. The van der Waals surface area contributed by atoms with E-state index in [0.717, 1.165) is 5.69 Å². The highest BCUT2D eigenvalue weighted by Crippen LogP contribution is 2.27. The standard InChI is InChI=1S/C13H18FNO3/c1-17-12-6-15(7-13(12)18-2)11-4-3-10(14)5-9(11)8-16/h3-5,12-13,16H,6-8H2,1-2H3. The van der Waals surface area contributed by atoms with E-state index in [4.69, 9.17) is 9.47 Å². The molecule has 1 fully saturated rings. The molecule has 1 aromatic rings. The lowest BCUT2D eigenvalue weighted by Crippen LogP contribution is -2.27. The van der Waals surface area contributed by atoms with Gasteiger partial charge in [-0.2, -0.15) is 0 Å². The van der Waals surface area contributed by atoms with E-state index in [9.17, 15) is 9.50 Å². The van der Waals surface area contributed by atoms with Crippen LogP contribution in [0, 0.1) is 5.82 Å². The summed E-state index contributed by atoms with van der Waals surface area (Å²) in [7, 11) is 3.30. The molecule has 0 spiro atoms. The summed E-state index contributed by atoms with van der Waals surface area (Å²) in [6, 6.07) is 4.44. The Kier molecular flexibility index (Phi) is 4.16. The topological polar surface area (TPSA) is 41.9 Å². The average Bonchev–Trinajstić information content (AvgIpc) is 2.81. The Hall–Kier alpha value is -1.17. The molecule has 2 unspecified atom stereocenters. The number of aliphatic hydroxyl groups excluding tert-OH is 1. The molecule has 1 heterocycles. The van der Waals surface area contributed by atoms with Gasteiger partial charge in [0.2, 0.25) is 0 Å². The predicted octanol–water partition coefficient (Wildman–Crippen LogP) is 1.17. The van der Waals surface area contributed by atoms with Gasteiger partial charge in [0.05, 0.1) is 6.61 Å². The molecule has 0 aromatic heterocycles. The fourth-order valence-electron chi connectivity index (χ4n) is 2.38. The van der Waals surface area contributed by atoms with Crippen LogP contribution in [0.25, 0.3) is 0 Å². The van der Waals surface area contributed by atoms with E-state index in [1.165, 1.54) is 12.1 Å². The molecule has 2 atom stereocenters. The lowest BCUT2D eigenvalue weighted by molar-refractivity contribution is -0.00461. The van der Waals surface area contributed by atoms with Crippen molar-refractivity contribution in [2.24, 2.45) is 0 Å². The van der Waals surface area contributed by atoms with Crippen LogP contribution in [0.4, 0.5) is 10.1 Å². The van der Waals surface area contributed by atoms with Gasteiger partial charge in [-0.15, -0.1) is 0 Å². The van der Waals surface area contributed by atoms with Crippen LogP contribution in [0.15, 0.2) is 18.2 Å². The van der Waals surface area contributed by atoms with Crippen molar-refractivity contribution in [3.8, 4) is 0 Å². The molecule has 4 nitrogen and oxygen atoms in total. The second-order valence-electron chi connectivity index (χ2n) is 4.38. The monoisotopic (exact) mass is 255 g/mol. The first-order chi connectivity index (χ1) is 8.69. The summed E-state index contributed by atoms with van der Waals surface area (Å²) in [4.78, 5) is 2.05. The summed E-state index contributed by atoms with van der Waals surface area (Å²) in [6.07, 6.45) is -0.0156. The third-order valence-electron chi connectivity index (χ3n) is 3.37. The minimum absolute atomic E-state index is 0.00778. The van der Waals surface area contributed by atoms with Crippen molar-refractivity contribution in [3.05, 3.63) is 29.6 Å². The molecule has 18 heavy (non-hydrogen) atoms. The van der Waals surface area contributed by atoms with Crippen LogP contribution in [0.2, 0.25) is 0 Å². The molecule has 0 aliphatic carbocycles. The molecule has 0 radical (unpaired) electrons. The molecule has 1 aromatic carbocycles. The predicted molar refractivity (Wildman–Crippen MR) is 66.1 cm³/mol. The van der Waals surface area contributed by atoms with Crippen LogP contribution in [-0.2, 0) is 16.1 Å². The maximum atomic E-state index is 13.1. The first-order valence-electron chi connectivity index (χ1n) is 5.89. The normalized spacial score (nSPS) is 23.7. The van der Waals surface area contributed by atoms with Crippen molar-refractivity contribution in [3.63, 3.8) is 0 Å². The number of ether oxygens (including phenoxy) is 2. The zero-order chi connectivity index (χ0) is 13.1. The second-order valence-corrected chi connectivity index (χ2v) is 4.38. The minimum atomic E-state index is -0.339. The Morgan fingerprint density at radius 3 is 2.39 bits per heavy atom. The van der Waals surface area contributed by atoms with Gasteiger partial charge < -0.3 is 19.5 Å². The molecule has 0 bridgehead atoms. The van der Waals surface area contributed by atoms with Gasteiger partial charge in [0.15, 0.2) is 0 Å². The number of nitrogens with zero attached hydrogens (tertiary/aromatic N) is 1. The highest BCUT2D eigenvalue weighted by molar-refractivity contribution is 5.55. The first kappa shape index (κ1) is 13.3. The molecule has 100 valence electrons. The Bertz CT molecular complexity index is 401. The summed E-state index contributed by atoms with van der Waals surface area (Å²) >= 11 is 0. The molecule has 1 aliphatic heterocycles. The quantitative estimate of drug-likeness (QED) is 0.877. The summed E-state index contributed by atoms with van der Waals surface area (Å²) < 4.78 is 23.8. The zero-order valence-corrected chi connectivity index (χ0v) is 10.6. The maximum absolute atomic E-state index is 13.1. The van der Waals surface area contributed by atoms with E-state index in [0.29, 0.717) is 18.7 Å². The van der Waals surface area contributed by atoms with Crippen LogP contribution < -0.4 is 4.90 Å². The van der Waals surface area contributed by atoms with Crippen LogP contribution >= 0.6 is 0 Å². The SMILES string of the molecule is COC1CN(c2ccc(F)cc2CO)CC1OC. The Morgan fingerprint density at radius 2 is 1.89 bits per heavy atom. The van der Waals surface area contributed by atoms with Gasteiger partial charge >= 0.3 is 0 Å². The van der Waals surface area contributed by atoms with Crippen molar-refractivity contribution < 1.29 is 19.0 Å². The molecule has 2 rings (SSSR count). The van der Waals surface area contributed by atoms with E-state index in [-0.39, 0.29) is 24.6 Å². The average molecular weight is 255 g/mol. The highest BCUT2D eigenvalue weighted by atomic mass is 19.1. The van der Waals surface area contributed by atoms with Gasteiger partial charge in [0, 0.05) is 38.6 Å². The van der Waals surface area contributed by atoms with E-state index in [2.05, 4.69) is 0 Å². The Balaban J connectivity index is 2.22. The molecular weight excluding hydrogens is 237 g/mol. The first-order valence-corrected chi connectivity index (χ1v) is 5.89. The van der Waals surface area contributed by atoms with Crippen molar-refractivity contribution in [2.45, 2.75) is 18.8 Å². The van der Waals surface area contributed by atoms with Crippen LogP contribution in [0.3, 0.4) is 0 Å². The van der Waals surface area contributed by atoms with Gasteiger partial charge in [-0.25, -0.2) is 4.39 Å². The van der Waals surface area contributed by atoms with Crippen molar-refractivity contribution in [1.82, 2.24) is 0 Å². The van der Waals surface area contributed by atoms with Gasteiger partial charge in [0.1, 0.15) is 18.0 Å². The zero-order valence-electron chi connectivity index (χ0n) is 10.6. The lowest BCUT2D eigenvalue weighted by Gasteiger charge is -2.21. The maximum Gasteiger partial charge on any atom is 0.123 e. The van der Waals surface area contributed by atoms with E-state index >= 15 is 0 Å². The summed E-state index contributed by atoms with van der Waals surface area (Å²) in [5.74, 6) is -0.339. The van der Waals surface area contributed by atoms with Gasteiger partial charge in [0.25, 0.3) is 0 Å². The van der Waals surface area contributed by atoms with Crippen molar-refractivity contribution in [1.29, 1.82) is 0 Å². The molecule has 5 heteroatoms. The van der Waals surface area contributed by atoms with Crippen LogP contribution in [0.5, 0.6) is 0 Å². The summed E-state index contributed by atoms with van der Waals surface area (Å²) in [6.45, 7) is 1.17. The lowest BCUT2D eigenvalue weighted by atomic mass is 10.1. The number of anilines is 1. The molecular formula is C13H18FNO3. The Labute approximate surface area is 106 Å². The molecule has 1 N–H and O–H groups in total. The van der Waals surface area contributed by atoms with Crippen molar-refractivity contribution in [2.75, 3.05) is 32.2 Å². The Morgan fingerprint density at radius 1 is 1.28 bits per heavy atom. The number of hydrogen-bond donors (Lipinski definition) is 1. The van der Waals surface area contributed by atoms with E-state index < -0.39 is 0 Å². The number of aliphatic hydroxyl groups is 1. The van der Waals surface area contributed by atoms with Crippen molar-refractivity contribution >= 4 is 5.69 Å². The molecule has 1 saturated heterocycles. The molecule has 0 saturated carbocycles. The largest absolute Gasteiger partial charge is 0.392 e. The third-order valence-corrected chi connectivity index (χ3v) is 3.37. The van der Waals surface area contributed by atoms with Crippen LogP contribution in [0.1, 0.15) is 5.56 Å². The summed E-state index contributed by atoms with van der Waals surface area (Å²) in [5, 5.41) is 9.29. The van der Waals surface area contributed by atoms with Crippen LogP contribution in [-0.4, -0.2) is 44.6 Å². The number of halogens is 1. The number of benzene rings is 1. The fraction of sp³-hybridized carbons (Fsp3) is 0.538. The van der Waals surface area contributed by atoms with E-state index in [1.54, 1.807) is 20.3 Å². The number of rotatable bonds is 4. The second kappa shape index (κ2) is 5.65. The molecule has 0 amide bonds. The van der Waals surface area contributed by atoms with Gasteiger partial charge in [-0.05, 0) is 18.2 Å². The number of methoxy groups -OCH3 is 2. The van der Waals surface area contributed by atoms with Gasteiger partial charge in [-0.3, -0.25) is 0 Å².